The van der Waals surface area contributed by atoms with Crippen molar-refractivity contribution in [1.82, 2.24) is 0 Å². The zero-order chi connectivity index (χ0) is 48.9. The maximum atomic E-state index is 2.80. The molecule has 0 bridgehead atoms. The highest BCUT2D eigenvalue weighted by Crippen LogP contribution is 2.61. The minimum absolute atomic E-state index is 0.0177. The fourth-order valence-corrected chi connectivity index (χ4v) is 13.6. The van der Waals surface area contributed by atoms with E-state index in [4.69, 9.17) is 0 Å². The molecule has 10 rings (SSSR count). The molecule has 352 valence electrons. The lowest BCUT2D eigenvalue weighted by Crippen LogP contribution is -2.61. The summed E-state index contributed by atoms with van der Waals surface area (Å²) in [6, 6.07) is 46.7. The van der Waals surface area contributed by atoms with Crippen molar-refractivity contribution in [3.63, 3.8) is 0 Å². The van der Waals surface area contributed by atoms with Gasteiger partial charge < -0.3 is 14.7 Å². The molecule has 1 aliphatic carbocycles. The molecular formula is C63H78BN3Si. The molecule has 0 spiro atoms. The van der Waals surface area contributed by atoms with Crippen molar-refractivity contribution in [2.75, 3.05) is 14.7 Å². The lowest BCUT2D eigenvalue weighted by Gasteiger charge is -2.51. The molecule has 6 aromatic rings. The fourth-order valence-electron chi connectivity index (χ4n) is 12.4. The van der Waals surface area contributed by atoms with Crippen molar-refractivity contribution in [3.05, 3.63) is 143 Å². The van der Waals surface area contributed by atoms with Gasteiger partial charge in [-0.05, 0) is 146 Å². The van der Waals surface area contributed by atoms with E-state index in [-0.39, 0.29) is 39.3 Å². The lowest BCUT2D eigenvalue weighted by molar-refractivity contribution is 0.195. The summed E-state index contributed by atoms with van der Waals surface area (Å²) < 4.78 is 0. The van der Waals surface area contributed by atoms with Crippen molar-refractivity contribution in [3.8, 4) is 0 Å². The molecule has 68 heavy (non-hydrogen) atoms. The molecule has 0 N–H and O–H groups in total. The van der Waals surface area contributed by atoms with Crippen molar-refractivity contribution in [2.24, 2.45) is 0 Å². The second-order valence-electron chi connectivity index (χ2n) is 26.8. The third-order valence-electron chi connectivity index (χ3n) is 17.0. The van der Waals surface area contributed by atoms with Gasteiger partial charge in [-0.25, -0.2) is 0 Å². The summed E-state index contributed by atoms with van der Waals surface area (Å²) in [7, 11) is -1.55. The molecule has 1 saturated carbocycles. The van der Waals surface area contributed by atoms with Gasteiger partial charge in [0.25, 0.3) is 6.71 Å². The fraction of sp³-hybridized carbons (Fsp3) is 0.429. The Morgan fingerprint density at radius 1 is 0.441 bits per heavy atom. The van der Waals surface area contributed by atoms with E-state index in [1.807, 2.05) is 0 Å². The molecule has 2 atom stereocenters. The molecule has 0 aromatic heterocycles. The molecule has 0 saturated heterocycles. The van der Waals surface area contributed by atoms with E-state index in [0.717, 1.165) is 0 Å². The minimum Gasteiger partial charge on any atom is -0.334 e. The number of nitrogens with zero attached hydrogens (tertiary/aromatic N) is 3. The maximum absolute atomic E-state index is 2.80. The van der Waals surface area contributed by atoms with Gasteiger partial charge in [-0.15, -0.1) is 0 Å². The highest BCUT2D eigenvalue weighted by atomic mass is 28.3. The SMILES string of the molecule is CC(C)(C)c1ccc(N2c3ccc(C(C)(C)C)cc3B3c4ccc(N5c6ccc([Si](C)(C)C)cc6C6(C)CCCCC56C)cc4N(c4ccc(C(C)(C)C)cc4)c4cc(C(C)(C)C)cc2c43)cc1. The Kier molecular flexibility index (Phi) is 10.5. The maximum Gasteiger partial charge on any atom is 0.252 e. The molecule has 2 unspecified atom stereocenters. The van der Waals surface area contributed by atoms with Gasteiger partial charge in [0.1, 0.15) is 0 Å². The molecule has 3 aliphatic heterocycles. The van der Waals surface area contributed by atoms with Gasteiger partial charge >= 0.3 is 0 Å². The second kappa shape index (κ2) is 15.2. The van der Waals surface area contributed by atoms with E-state index in [9.17, 15) is 0 Å². The van der Waals surface area contributed by atoms with E-state index in [1.54, 1.807) is 10.8 Å². The van der Waals surface area contributed by atoms with Gasteiger partial charge in [-0.2, -0.15) is 0 Å². The van der Waals surface area contributed by atoms with Crippen LogP contribution in [0, 0.1) is 0 Å². The van der Waals surface area contributed by atoms with E-state index >= 15 is 0 Å². The zero-order valence-electron chi connectivity index (χ0n) is 44.7. The topological polar surface area (TPSA) is 9.72 Å². The van der Waals surface area contributed by atoms with Crippen LogP contribution in [-0.4, -0.2) is 20.3 Å². The normalized spacial score (nSPS) is 20.2. The standard InChI is InChI=1S/C63H78BN3Si/c1-58(2,3)41-20-25-45(26-21-41)65-53-32-24-43(60(7,8)9)36-51(53)64-50-31-29-47(67-52-33-30-48(68(15,16)17)40-49(52)62(13)34-18-19-35-63(62,67)14)39-54(50)66(46-27-22-42(23-28-46)59(4,5)6)56-38-44(61(10,11)12)37-55(65)57(56)64/h20-33,36-40H,18-19,34-35H2,1-17H3. The van der Waals surface area contributed by atoms with Crippen LogP contribution in [0.4, 0.5) is 45.5 Å². The molecule has 0 radical (unpaired) electrons. The van der Waals surface area contributed by atoms with E-state index in [1.165, 1.54) is 110 Å². The zero-order valence-corrected chi connectivity index (χ0v) is 45.7. The summed E-state index contributed by atoms with van der Waals surface area (Å²) in [5, 5.41) is 1.56. The molecule has 0 amide bonds. The molecule has 3 heterocycles. The van der Waals surface area contributed by atoms with Crippen LogP contribution in [0.15, 0.2) is 115 Å². The Bertz CT molecular complexity index is 2970. The quantitative estimate of drug-likeness (QED) is 0.163. The van der Waals surface area contributed by atoms with E-state index in [2.05, 4.69) is 247 Å². The second-order valence-corrected chi connectivity index (χ2v) is 31.9. The van der Waals surface area contributed by atoms with Crippen LogP contribution in [0.3, 0.4) is 0 Å². The number of anilines is 8. The van der Waals surface area contributed by atoms with Crippen molar-refractivity contribution in [1.29, 1.82) is 0 Å². The highest BCUT2D eigenvalue weighted by molar-refractivity contribution is 7.00. The summed E-state index contributed by atoms with van der Waals surface area (Å²) in [6.45, 7) is 40.9. The van der Waals surface area contributed by atoms with Crippen LogP contribution in [0.5, 0.6) is 0 Å². The summed E-state index contributed by atoms with van der Waals surface area (Å²) in [4.78, 5) is 8.06. The third-order valence-corrected chi connectivity index (χ3v) is 19.0. The Hall–Kier alpha value is -5.00. The minimum atomic E-state index is -1.55. The molecular weight excluding hydrogens is 838 g/mol. The van der Waals surface area contributed by atoms with Crippen LogP contribution >= 0.6 is 0 Å². The average Bonchev–Trinajstić information content (AvgIpc) is 3.47. The van der Waals surface area contributed by atoms with Crippen LogP contribution in [0.2, 0.25) is 19.6 Å². The van der Waals surface area contributed by atoms with Crippen molar-refractivity contribution >= 4 is 81.9 Å². The predicted molar refractivity (Wildman–Crippen MR) is 301 cm³/mol. The molecule has 5 heteroatoms. The average molecular weight is 916 g/mol. The Balaban J connectivity index is 1.28. The van der Waals surface area contributed by atoms with E-state index in [0.29, 0.717) is 0 Å². The Morgan fingerprint density at radius 3 is 1.46 bits per heavy atom. The summed E-state index contributed by atoms with van der Waals surface area (Å²) in [6.07, 6.45) is 4.93. The molecule has 1 fully saturated rings. The van der Waals surface area contributed by atoms with Crippen LogP contribution in [0.1, 0.15) is 150 Å². The largest absolute Gasteiger partial charge is 0.334 e. The molecule has 6 aromatic carbocycles. The van der Waals surface area contributed by atoms with Gasteiger partial charge in [0, 0.05) is 50.9 Å². The van der Waals surface area contributed by atoms with Crippen molar-refractivity contribution < 1.29 is 0 Å². The van der Waals surface area contributed by atoms with Gasteiger partial charge in [-0.3, -0.25) is 0 Å². The first kappa shape index (κ1) is 46.7. The molecule has 3 nitrogen and oxygen atoms in total. The smallest absolute Gasteiger partial charge is 0.252 e. The Labute approximate surface area is 412 Å². The van der Waals surface area contributed by atoms with Crippen LogP contribution in [-0.2, 0) is 27.1 Å². The molecule has 4 aliphatic rings. The summed E-state index contributed by atoms with van der Waals surface area (Å²) in [5.74, 6) is 0. The van der Waals surface area contributed by atoms with Gasteiger partial charge in [0.05, 0.1) is 13.6 Å². The summed E-state index contributed by atoms with van der Waals surface area (Å²) >= 11 is 0. The number of fused-ring (bicyclic) bond motifs is 7. The highest BCUT2D eigenvalue weighted by Gasteiger charge is 2.58. The van der Waals surface area contributed by atoms with Crippen molar-refractivity contribution in [2.45, 2.75) is 175 Å². The first-order valence-corrected chi connectivity index (χ1v) is 29.3. The lowest BCUT2D eigenvalue weighted by atomic mass is 9.33. The first-order chi connectivity index (χ1) is 31.6. The monoisotopic (exact) mass is 916 g/mol. The number of hydrogen-bond acceptors (Lipinski definition) is 3. The van der Waals surface area contributed by atoms with E-state index < -0.39 is 8.07 Å². The number of rotatable bonds is 4. The summed E-state index contributed by atoms with van der Waals surface area (Å²) in [5.41, 5.74) is 21.3. The first-order valence-electron chi connectivity index (χ1n) is 25.8. The van der Waals surface area contributed by atoms with Crippen LogP contribution < -0.4 is 36.3 Å². The third kappa shape index (κ3) is 7.25. The van der Waals surface area contributed by atoms with Gasteiger partial charge in [0.15, 0.2) is 0 Å². The van der Waals surface area contributed by atoms with Gasteiger partial charge in [-0.1, -0.05) is 182 Å². The van der Waals surface area contributed by atoms with Gasteiger partial charge in [0.2, 0.25) is 0 Å². The Morgan fingerprint density at radius 2 is 0.926 bits per heavy atom. The predicted octanol–water partition coefficient (Wildman–Crippen LogP) is 15.2. The van der Waals surface area contributed by atoms with Crippen LogP contribution in [0.25, 0.3) is 0 Å². The number of benzene rings is 6. The number of hydrogen-bond donors (Lipinski definition) is 0.